The van der Waals surface area contributed by atoms with Gasteiger partial charge in [-0.1, -0.05) is 44.2 Å². The molecule has 2 rings (SSSR count). The molecular weight excluding hydrogens is 248 g/mol. The van der Waals surface area contributed by atoms with E-state index >= 15 is 0 Å². The largest absolute Gasteiger partial charge is 0.378 e. The highest BCUT2D eigenvalue weighted by Gasteiger charge is 2.24. The summed E-state index contributed by atoms with van der Waals surface area (Å²) < 4.78 is 5.96. The third-order valence-electron chi connectivity index (χ3n) is 4.13. The van der Waals surface area contributed by atoms with Crippen LogP contribution in [0.15, 0.2) is 30.3 Å². The van der Waals surface area contributed by atoms with Crippen LogP contribution in [0.5, 0.6) is 0 Å². The molecule has 0 aromatic heterocycles. The first kappa shape index (κ1) is 15.2. The number of benzene rings is 1. The van der Waals surface area contributed by atoms with Crippen LogP contribution in [-0.2, 0) is 4.74 Å². The summed E-state index contributed by atoms with van der Waals surface area (Å²) in [5.41, 5.74) is 0.812. The fourth-order valence-corrected chi connectivity index (χ4v) is 3.26. The van der Waals surface area contributed by atoms with E-state index in [2.05, 4.69) is 13.8 Å². The van der Waals surface area contributed by atoms with E-state index in [1.54, 1.807) is 0 Å². The highest BCUT2D eigenvalue weighted by molar-refractivity contribution is 5.95. The van der Waals surface area contributed by atoms with Crippen LogP contribution in [0.4, 0.5) is 0 Å². The Hall–Kier alpha value is -1.15. The minimum atomic E-state index is 0.222. The van der Waals surface area contributed by atoms with Gasteiger partial charge in [0.1, 0.15) is 0 Å². The SMILES string of the molecule is CC1CC(C)CC(OCCCC(=O)c2ccccc2)C1. The van der Waals surface area contributed by atoms with Crippen molar-refractivity contribution in [1.82, 2.24) is 0 Å². The third kappa shape index (κ3) is 4.75. The smallest absolute Gasteiger partial charge is 0.162 e. The number of hydrogen-bond acceptors (Lipinski definition) is 2. The van der Waals surface area contributed by atoms with Gasteiger partial charge in [-0.25, -0.2) is 0 Å². The van der Waals surface area contributed by atoms with Crippen molar-refractivity contribution in [2.45, 2.75) is 52.1 Å². The highest BCUT2D eigenvalue weighted by atomic mass is 16.5. The molecule has 0 aliphatic heterocycles. The van der Waals surface area contributed by atoms with Crippen LogP contribution in [0.25, 0.3) is 0 Å². The molecule has 0 bridgehead atoms. The molecule has 1 aliphatic rings. The maximum absolute atomic E-state index is 11.9. The average Bonchev–Trinajstić information content (AvgIpc) is 2.43. The lowest BCUT2D eigenvalue weighted by Crippen LogP contribution is -2.26. The molecule has 2 nitrogen and oxygen atoms in total. The van der Waals surface area contributed by atoms with Gasteiger partial charge in [0.2, 0.25) is 0 Å². The van der Waals surface area contributed by atoms with E-state index in [1.165, 1.54) is 19.3 Å². The molecule has 0 radical (unpaired) electrons. The first-order chi connectivity index (χ1) is 9.65. The molecular formula is C18H26O2. The molecule has 2 heteroatoms. The van der Waals surface area contributed by atoms with E-state index in [9.17, 15) is 4.79 Å². The summed E-state index contributed by atoms with van der Waals surface area (Å²) >= 11 is 0. The second-order valence-corrected chi connectivity index (χ2v) is 6.30. The summed E-state index contributed by atoms with van der Waals surface area (Å²) in [6, 6.07) is 9.52. The van der Waals surface area contributed by atoms with Gasteiger partial charge in [-0.05, 0) is 37.5 Å². The molecule has 1 aromatic rings. The molecule has 0 amide bonds. The molecule has 0 heterocycles. The number of carbonyl (C=O) groups is 1. The van der Waals surface area contributed by atoms with E-state index in [1.807, 2.05) is 30.3 Å². The minimum absolute atomic E-state index is 0.222. The highest BCUT2D eigenvalue weighted by Crippen LogP contribution is 2.30. The van der Waals surface area contributed by atoms with Crippen LogP contribution in [0.2, 0.25) is 0 Å². The summed E-state index contributed by atoms with van der Waals surface area (Å²) in [4.78, 5) is 11.9. The van der Waals surface area contributed by atoms with E-state index in [0.717, 1.165) is 23.8 Å². The Morgan fingerprint density at radius 2 is 1.75 bits per heavy atom. The average molecular weight is 274 g/mol. The molecule has 1 fully saturated rings. The van der Waals surface area contributed by atoms with Crippen molar-refractivity contribution in [3.05, 3.63) is 35.9 Å². The topological polar surface area (TPSA) is 26.3 Å². The quantitative estimate of drug-likeness (QED) is 0.564. The van der Waals surface area contributed by atoms with Crippen molar-refractivity contribution in [3.8, 4) is 0 Å². The van der Waals surface area contributed by atoms with Gasteiger partial charge < -0.3 is 4.74 Å². The number of rotatable bonds is 6. The molecule has 1 aromatic carbocycles. The Bertz CT molecular complexity index is 403. The first-order valence-electron chi connectivity index (χ1n) is 7.85. The molecule has 1 saturated carbocycles. The van der Waals surface area contributed by atoms with Crippen molar-refractivity contribution in [2.75, 3.05) is 6.61 Å². The second-order valence-electron chi connectivity index (χ2n) is 6.30. The minimum Gasteiger partial charge on any atom is -0.378 e. The van der Waals surface area contributed by atoms with E-state index in [0.29, 0.717) is 19.1 Å². The monoisotopic (exact) mass is 274 g/mol. The lowest BCUT2D eigenvalue weighted by atomic mass is 9.82. The molecule has 2 atom stereocenters. The Morgan fingerprint density at radius 3 is 2.40 bits per heavy atom. The first-order valence-corrected chi connectivity index (χ1v) is 7.85. The van der Waals surface area contributed by atoms with E-state index in [-0.39, 0.29) is 5.78 Å². The van der Waals surface area contributed by atoms with Crippen LogP contribution < -0.4 is 0 Å². The predicted octanol–water partition coefficient (Wildman–Crippen LogP) is 4.49. The molecule has 0 spiro atoms. The maximum Gasteiger partial charge on any atom is 0.162 e. The van der Waals surface area contributed by atoms with Crippen LogP contribution in [0.3, 0.4) is 0 Å². The normalized spacial score (nSPS) is 26.4. The summed E-state index contributed by atoms with van der Waals surface area (Å²) in [5.74, 6) is 1.77. The van der Waals surface area contributed by atoms with Crippen molar-refractivity contribution in [1.29, 1.82) is 0 Å². The van der Waals surface area contributed by atoms with Crippen LogP contribution in [-0.4, -0.2) is 18.5 Å². The molecule has 20 heavy (non-hydrogen) atoms. The van der Waals surface area contributed by atoms with E-state index in [4.69, 9.17) is 4.74 Å². The second kappa shape index (κ2) is 7.58. The number of carbonyl (C=O) groups excluding carboxylic acids is 1. The number of ketones is 1. The zero-order valence-electron chi connectivity index (χ0n) is 12.7. The van der Waals surface area contributed by atoms with Crippen LogP contribution in [0, 0.1) is 11.8 Å². The van der Waals surface area contributed by atoms with Crippen molar-refractivity contribution in [2.24, 2.45) is 11.8 Å². The molecule has 110 valence electrons. The van der Waals surface area contributed by atoms with Crippen molar-refractivity contribution in [3.63, 3.8) is 0 Å². The lowest BCUT2D eigenvalue weighted by molar-refractivity contribution is -0.000262. The Balaban J connectivity index is 1.65. The molecule has 2 unspecified atom stereocenters. The van der Waals surface area contributed by atoms with Gasteiger partial charge in [0.25, 0.3) is 0 Å². The summed E-state index contributed by atoms with van der Waals surface area (Å²) in [7, 11) is 0. The van der Waals surface area contributed by atoms with Gasteiger partial charge in [0.15, 0.2) is 5.78 Å². The van der Waals surface area contributed by atoms with E-state index < -0.39 is 0 Å². The Kier molecular flexibility index (Phi) is 5.78. The fourth-order valence-electron chi connectivity index (χ4n) is 3.26. The van der Waals surface area contributed by atoms with Gasteiger partial charge in [-0.3, -0.25) is 4.79 Å². The Labute approximate surface area is 122 Å². The Morgan fingerprint density at radius 1 is 1.10 bits per heavy atom. The number of Topliss-reactive ketones (excluding diaryl/α,β-unsaturated/α-hetero) is 1. The molecule has 0 N–H and O–H groups in total. The standard InChI is InChI=1S/C18H26O2/c1-14-11-15(2)13-17(12-14)20-10-6-9-18(19)16-7-4-3-5-8-16/h3-5,7-8,14-15,17H,6,9-13H2,1-2H3. The van der Waals surface area contributed by atoms with Gasteiger partial charge in [0.05, 0.1) is 6.10 Å². The van der Waals surface area contributed by atoms with Crippen LogP contribution >= 0.6 is 0 Å². The number of hydrogen-bond donors (Lipinski definition) is 0. The van der Waals surface area contributed by atoms with Gasteiger partial charge >= 0.3 is 0 Å². The van der Waals surface area contributed by atoms with Gasteiger partial charge in [0, 0.05) is 18.6 Å². The number of ether oxygens (including phenoxy) is 1. The van der Waals surface area contributed by atoms with Gasteiger partial charge in [-0.2, -0.15) is 0 Å². The van der Waals surface area contributed by atoms with Crippen LogP contribution in [0.1, 0.15) is 56.3 Å². The fraction of sp³-hybridized carbons (Fsp3) is 0.611. The molecule has 1 aliphatic carbocycles. The van der Waals surface area contributed by atoms with Crippen molar-refractivity contribution < 1.29 is 9.53 Å². The van der Waals surface area contributed by atoms with Crippen molar-refractivity contribution >= 4 is 5.78 Å². The maximum atomic E-state index is 11.9. The summed E-state index contributed by atoms with van der Waals surface area (Å²) in [5, 5.41) is 0. The lowest BCUT2D eigenvalue weighted by Gasteiger charge is -2.31. The summed E-state index contributed by atoms with van der Waals surface area (Å²) in [6.45, 7) is 5.33. The molecule has 0 saturated heterocycles. The predicted molar refractivity (Wildman–Crippen MR) is 81.9 cm³/mol. The summed E-state index contributed by atoms with van der Waals surface area (Å²) in [6.07, 6.45) is 5.50. The third-order valence-corrected chi connectivity index (χ3v) is 4.13. The zero-order chi connectivity index (χ0) is 14.4. The van der Waals surface area contributed by atoms with Gasteiger partial charge in [-0.15, -0.1) is 0 Å². The zero-order valence-corrected chi connectivity index (χ0v) is 12.7.